The van der Waals surface area contributed by atoms with E-state index in [9.17, 15) is 9.59 Å². The van der Waals surface area contributed by atoms with Crippen LogP contribution >= 0.6 is 15.9 Å². The average molecular weight is 415 g/mol. The Morgan fingerprint density at radius 2 is 1.62 bits per heavy atom. The molecule has 26 heavy (non-hydrogen) atoms. The van der Waals surface area contributed by atoms with E-state index in [0.717, 1.165) is 5.75 Å². The molecule has 0 aliphatic rings. The second-order valence-electron chi connectivity index (χ2n) is 5.27. The highest BCUT2D eigenvalue weighted by Crippen LogP contribution is 2.22. The number of para-hydroxylation sites is 1. The number of furan rings is 1. The molecule has 1 heterocycles. The fraction of sp³-hybridized carbons (Fsp3) is 0.0526. The summed E-state index contributed by atoms with van der Waals surface area (Å²) >= 11 is 3.12. The summed E-state index contributed by atoms with van der Waals surface area (Å²) in [5.41, 5.74) is 0.602. The molecule has 132 valence electrons. The van der Waals surface area contributed by atoms with E-state index in [2.05, 4.69) is 26.6 Å². The fourth-order valence-corrected chi connectivity index (χ4v) is 2.43. The van der Waals surface area contributed by atoms with Crippen LogP contribution < -0.4 is 15.4 Å². The number of carbonyl (C=O) groups is 2. The van der Waals surface area contributed by atoms with Crippen molar-refractivity contribution in [1.29, 1.82) is 0 Å². The molecule has 0 spiro atoms. The summed E-state index contributed by atoms with van der Waals surface area (Å²) in [5, 5.41) is 5.18. The van der Waals surface area contributed by atoms with Gasteiger partial charge in [0.05, 0.1) is 6.54 Å². The van der Waals surface area contributed by atoms with Gasteiger partial charge in [-0.05, 0) is 64.5 Å². The van der Waals surface area contributed by atoms with Crippen LogP contribution in [0.3, 0.4) is 0 Å². The molecule has 2 N–H and O–H groups in total. The third kappa shape index (κ3) is 4.97. The number of hydrogen-bond donors (Lipinski definition) is 2. The van der Waals surface area contributed by atoms with Gasteiger partial charge in [-0.1, -0.05) is 18.2 Å². The highest BCUT2D eigenvalue weighted by Gasteiger charge is 2.12. The van der Waals surface area contributed by atoms with E-state index in [0.29, 0.717) is 16.1 Å². The summed E-state index contributed by atoms with van der Waals surface area (Å²) in [6.07, 6.45) is 0. The molecule has 2 amide bonds. The molecule has 0 aliphatic carbocycles. The van der Waals surface area contributed by atoms with Crippen LogP contribution in [0, 0.1) is 0 Å². The van der Waals surface area contributed by atoms with Crippen molar-refractivity contribution in [1.82, 2.24) is 5.32 Å². The van der Waals surface area contributed by atoms with Crippen LogP contribution in [0.1, 0.15) is 10.6 Å². The Hall–Kier alpha value is -3.06. The molecule has 3 aromatic rings. The predicted octanol–water partition coefficient (Wildman–Crippen LogP) is 4.20. The van der Waals surface area contributed by atoms with Gasteiger partial charge in [-0.3, -0.25) is 9.59 Å². The maximum absolute atomic E-state index is 11.9. The Bertz CT molecular complexity index is 891. The summed E-state index contributed by atoms with van der Waals surface area (Å²) in [6, 6.07) is 19.5. The second kappa shape index (κ2) is 8.35. The molecule has 3 rings (SSSR count). The van der Waals surface area contributed by atoms with E-state index in [4.69, 9.17) is 9.15 Å². The molecule has 1 aromatic heterocycles. The van der Waals surface area contributed by atoms with E-state index < -0.39 is 5.91 Å². The highest BCUT2D eigenvalue weighted by atomic mass is 79.9. The lowest BCUT2D eigenvalue weighted by atomic mass is 10.3. The smallest absolute Gasteiger partial charge is 0.287 e. The number of halogens is 1. The fourth-order valence-electron chi connectivity index (χ4n) is 2.12. The van der Waals surface area contributed by atoms with Gasteiger partial charge in [-0.2, -0.15) is 0 Å². The van der Waals surface area contributed by atoms with Gasteiger partial charge in [0.25, 0.3) is 5.91 Å². The summed E-state index contributed by atoms with van der Waals surface area (Å²) < 4.78 is 11.3. The second-order valence-corrected chi connectivity index (χ2v) is 6.06. The minimum absolute atomic E-state index is 0.132. The standard InChI is InChI=1S/C19H15BrN2O4/c20-17-11-10-16(26-17)19(24)21-12-18(23)22-13-6-8-15(9-7-13)25-14-4-2-1-3-5-14/h1-11H,12H2,(H,21,24)(H,22,23). The van der Waals surface area contributed by atoms with Crippen molar-refractivity contribution < 1.29 is 18.7 Å². The first-order valence-electron chi connectivity index (χ1n) is 7.76. The number of ether oxygens (including phenoxy) is 1. The van der Waals surface area contributed by atoms with Crippen molar-refractivity contribution in [3.05, 3.63) is 77.2 Å². The summed E-state index contributed by atoms with van der Waals surface area (Å²) in [6.45, 7) is -0.167. The quantitative estimate of drug-likeness (QED) is 0.633. The van der Waals surface area contributed by atoms with Gasteiger partial charge in [-0.25, -0.2) is 0 Å². The van der Waals surface area contributed by atoms with Gasteiger partial charge in [-0.15, -0.1) is 0 Å². The lowest BCUT2D eigenvalue weighted by Crippen LogP contribution is -2.32. The van der Waals surface area contributed by atoms with Crippen LogP contribution in [-0.2, 0) is 4.79 Å². The van der Waals surface area contributed by atoms with Crippen LogP contribution in [-0.4, -0.2) is 18.4 Å². The van der Waals surface area contributed by atoms with Gasteiger partial charge in [0.2, 0.25) is 5.91 Å². The number of amides is 2. The number of carbonyl (C=O) groups excluding carboxylic acids is 2. The summed E-state index contributed by atoms with van der Waals surface area (Å²) in [7, 11) is 0. The average Bonchev–Trinajstić information content (AvgIpc) is 3.09. The molecule has 0 fully saturated rings. The Morgan fingerprint density at radius 3 is 2.27 bits per heavy atom. The zero-order chi connectivity index (χ0) is 18.4. The van der Waals surface area contributed by atoms with Crippen LogP contribution in [0.15, 0.2) is 75.8 Å². The van der Waals surface area contributed by atoms with E-state index in [1.807, 2.05) is 30.3 Å². The predicted molar refractivity (Wildman–Crippen MR) is 100 cm³/mol. The molecule has 0 atom stereocenters. The Labute approximate surface area is 158 Å². The molecule has 6 nitrogen and oxygen atoms in total. The number of rotatable bonds is 6. The van der Waals surface area contributed by atoms with E-state index in [1.165, 1.54) is 6.07 Å². The monoisotopic (exact) mass is 414 g/mol. The van der Waals surface area contributed by atoms with Crippen LogP contribution in [0.5, 0.6) is 11.5 Å². The van der Waals surface area contributed by atoms with Crippen LogP contribution in [0.25, 0.3) is 0 Å². The normalized spacial score (nSPS) is 10.2. The largest absolute Gasteiger partial charge is 0.457 e. The molecular formula is C19H15BrN2O4. The number of nitrogens with one attached hydrogen (secondary N) is 2. The maximum Gasteiger partial charge on any atom is 0.287 e. The van der Waals surface area contributed by atoms with E-state index >= 15 is 0 Å². The third-order valence-corrected chi connectivity index (χ3v) is 3.75. The zero-order valence-electron chi connectivity index (χ0n) is 13.6. The zero-order valence-corrected chi connectivity index (χ0v) is 15.2. The molecule has 0 radical (unpaired) electrons. The third-order valence-electron chi connectivity index (χ3n) is 3.32. The van der Waals surface area contributed by atoms with E-state index in [-0.39, 0.29) is 18.2 Å². The van der Waals surface area contributed by atoms with Crippen molar-refractivity contribution in [2.24, 2.45) is 0 Å². The number of hydrogen-bond acceptors (Lipinski definition) is 4. The van der Waals surface area contributed by atoms with Crippen molar-refractivity contribution >= 4 is 33.4 Å². The van der Waals surface area contributed by atoms with Gasteiger partial charge >= 0.3 is 0 Å². The van der Waals surface area contributed by atoms with Crippen LogP contribution in [0.4, 0.5) is 5.69 Å². The Morgan fingerprint density at radius 1 is 0.923 bits per heavy atom. The number of benzene rings is 2. The SMILES string of the molecule is O=C(CNC(=O)c1ccc(Br)o1)Nc1ccc(Oc2ccccc2)cc1. The number of anilines is 1. The molecule has 0 unspecified atom stereocenters. The lowest BCUT2D eigenvalue weighted by molar-refractivity contribution is -0.115. The lowest BCUT2D eigenvalue weighted by Gasteiger charge is -2.08. The molecule has 7 heteroatoms. The van der Waals surface area contributed by atoms with Gasteiger partial charge in [0, 0.05) is 5.69 Å². The minimum Gasteiger partial charge on any atom is -0.457 e. The van der Waals surface area contributed by atoms with Gasteiger partial charge < -0.3 is 19.8 Å². The Balaban J connectivity index is 1.49. The van der Waals surface area contributed by atoms with Crippen molar-refractivity contribution in [2.45, 2.75) is 0 Å². The van der Waals surface area contributed by atoms with Crippen LogP contribution in [0.2, 0.25) is 0 Å². The van der Waals surface area contributed by atoms with Crippen molar-refractivity contribution in [2.75, 3.05) is 11.9 Å². The van der Waals surface area contributed by atoms with Gasteiger partial charge in [0.15, 0.2) is 10.4 Å². The maximum atomic E-state index is 11.9. The highest BCUT2D eigenvalue weighted by molar-refractivity contribution is 9.10. The minimum atomic E-state index is -0.461. The molecule has 0 saturated heterocycles. The van der Waals surface area contributed by atoms with Crippen molar-refractivity contribution in [3.8, 4) is 11.5 Å². The molecule has 2 aromatic carbocycles. The topological polar surface area (TPSA) is 80.6 Å². The summed E-state index contributed by atoms with van der Waals surface area (Å²) in [4.78, 5) is 23.7. The first-order valence-corrected chi connectivity index (χ1v) is 8.56. The molecule has 0 bridgehead atoms. The van der Waals surface area contributed by atoms with Crippen molar-refractivity contribution in [3.63, 3.8) is 0 Å². The summed E-state index contributed by atoms with van der Waals surface area (Å²) in [5.74, 6) is 0.715. The van der Waals surface area contributed by atoms with E-state index in [1.54, 1.807) is 30.3 Å². The first-order chi connectivity index (χ1) is 12.6. The Kier molecular flexibility index (Phi) is 5.70. The first kappa shape index (κ1) is 17.8. The molecule has 0 aliphatic heterocycles. The molecular weight excluding hydrogens is 400 g/mol. The van der Waals surface area contributed by atoms with Gasteiger partial charge in [0.1, 0.15) is 11.5 Å². The molecule has 0 saturated carbocycles.